The highest BCUT2D eigenvalue weighted by Gasteiger charge is 2.33. The van der Waals surface area contributed by atoms with Crippen LogP contribution in [0.2, 0.25) is 0 Å². The lowest BCUT2D eigenvalue weighted by atomic mass is 9.91. The minimum absolute atomic E-state index is 0.00296. The van der Waals surface area contributed by atoms with E-state index >= 15 is 0 Å². The van der Waals surface area contributed by atoms with Crippen molar-refractivity contribution in [2.75, 3.05) is 10.2 Å². The van der Waals surface area contributed by atoms with E-state index in [9.17, 15) is 22.8 Å². The zero-order valence-corrected chi connectivity index (χ0v) is 24.5. The molecule has 0 aliphatic rings. The number of benzene rings is 1. The molecule has 12 heteroatoms. The fourth-order valence-corrected chi connectivity index (χ4v) is 4.17. The lowest BCUT2D eigenvalue weighted by Gasteiger charge is -2.28. The van der Waals surface area contributed by atoms with Crippen molar-refractivity contribution >= 4 is 34.8 Å². The zero-order chi connectivity index (χ0) is 31.0. The fourth-order valence-electron chi connectivity index (χ4n) is 4.17. The van der Waals surface area contributed by atoms with Gasteiger partial charge in [-0.2, -0.15) is 23.2 Å². The number of aryl methyl sites for hydroxylation is 1. The predicted octanol–water partition coefficient (Wildman–Crippen LogP) is 7.57. The number of imide groups is 1. The number of anilines is 3. The molecule has 0 fully saturated rings. The second-order valence-electron chi connectivity index (χ2n) is 12.1. The van der Waals surface area contributed by atoms with Crippen molar-refractivity contribution in [1.29, 1.82) is 0 Å². The Balaban J connectivity index is 1.89. The molecule has 0 bridgehead atoms. The van der Waals surface area contributed by atoms with Gasteiger partial charge in [0.1, 0.15) is 11.4 Å². The van der Waals surface area contributed by atoms with E-state index in [1.54, 1.807) is 38.4 Å². The molecule has 0 saturated heterocycles. The van der Waals surface area contributed by atoms with Crippen molar-refractivity contribution in [3.05, 3.63) is 66.0 Å². The van der Waals surface area contributed by atoms with Crippen LogP contribution in [0.4, 0.5) is 35.3 Å². The van der Waals surface area contributed by atoms with Gasteiger partial charge >= 0.3 is 12.3 Å². The van der Waals surface area contributed by atoms with E-state index in [1.165, 1.54) is 18.2 Å². The van der Waals surface area contributed by atoms with Crippen LogP contribution < -0.4 is 10.2 Å². The van der Waals surface area contributed by atoms with Gasteiger partial charge in [-0.15, -0.1) is 0 Å². The van der Waals surface area contributed by atoms with Crippen LogP contribution in [0, 0.1) is 12.3 Å². The molecule has 9 nitrogen and oxygen atoms in total. The Hall–Kier alpha value is -4.48. The first-order valence-corrected chi connectivity index (χ1v) is 13.2. The van der Waals surface area contributed by atoms with Gasteiger partial charge in [0.2, 0.25) is 5.91 Å². The van der Waals surface area contributed by atoms with Gasteiger partial charge in [0.25, 0.3) is 0 Å². The van der Waals surface area contributed by atoms with E-state index < -0.39 is 34.8 Å². The van der Waals surface area contributed by atoms with E-state index in [4.69, 9.17) is 4.74 Å². The first kappa shape index (κ1) is 30.5. The van der Waals surface area contributed by atoms with Gasteiger partial charge in [0.15, 0.2) is 11.6 Å². The molecule has 2 amide bonds. The van der Waals surface area contributed by atoms with Crippen molar-refractivity contribution in [3.8, 4) is 11.4 Å². The average Bonchev–Trinajstić information content (AvgIpc) is 3.17. The number of hydrogen-bond donors (Lipinski definition) is 1. The molecule has 1 aromatic carbocycles. The van der Waals surface area contributed by atoms with E-state index in [0.717, 1.165) is 17.0 Å². The SMILES string of the molecule is Cc1nn2ccccc2c1-c1nc(Nc2ccc(C(F)(F)F)cc2)cc(N(C(=O)CC(C)(C)C)C(=O)OC(C)(C)C)n1. The standard InChI is InChI=1S/C30H33F3N6O3/c1-18-25(21-10-8-9-15-38(21)37-18)26-35-22(34-20-13-11-19(12-14-20)30(31,32)33)16-23(36-26)39(24(40)17-28(2,3)4)27(41)42-29(5,6)7/h8-16H,17H2,1-7H3,(H,34,35,36). The molecule has 3 heterocycles. The topological polar surface area (TPSA) is 102 Å². The van der Waals surface area contributed by atoms with Gasteiger partial charge in [0.05, 0.1) is 22.3 Å². The Bertz CT molecular complexity index is 1590. The molecule has 0 atom stereocenters. The smallest absolute Gasteiger partial charge is 0.423 e. The molecule has 0 aliphatic carbocycles. The van der Waals surface area contributed by atoms with Crippen molar-refractivity contribution in [2.24, 2.45) is 5.41 Å². The summed E-state index contributed by atoms with van der Waals surface area (Å²) in [6.45, 7) is 12.4. The van der Waals surface area contributed by atoms with Crippen molar-refractivity contribution in [1.82, 2.24) is 19.6 Å². The molecular weight excluding hydrogens is 549 g/mol. The Morgan fingerprint density at radius 2 is 1.64 bits per heavy atom. The molecule has 42 heavy (non-hydrogen) atoms. The van der Waals surface area contributed by atoms with Gasteiger partial charge in [-0.3, -0.25) is 4.79 Å². The summed E-state index contributed by atoms with van der Waals surface area (Å²) < 4.78 is 46.6. The van der Waals surface area contributed by atoms with Crippen LogP contribution in [0.15, 0.2) is 54.7 Å². The van der Waals surface area contributed by atoms with E-state index in [-0.39, 0.29) is 23.9 Å². The third kappa shape index (κ3) is 7.23. The Morgan fingerprint density at radius 3 is 2.24 bits per heavy atom. The summed E-state index contributed by atoms with van der Waals surface area (Å²) in [5.41, 5.74) is -0.0504. The number of nitrogens with zero attached hydrogens (tertiary/aromatic N) is 5. The highest BCUT2D eigenvalue weighted by Crippen LogP contribution is 2.33. The zero-order valence-electron chi connectivity index (χ0n) is 24.5. The number of alkyl halides is 3. The van der Waals surface area contributed by atoms with Crippen molar-refractivity contribution in [2.45, 2.75) is 66.7 Å². The monoisotopic (exact) mass is 582 g/mol. The number of ether oxygens (including phenoxy) is 1. The minimum atomic E-state index is -4.49. The summed E-state index contributed by atoms with van der Waals surface area (Å²) in [5, 5.41) is 7.50. The molecule has 222 valence electrons. The third-order valence-corrected chi connectivity index (χ3v) is 5.87. The quantitative estimate of drug-likeness (QED) is 0.259. The number of halogens is 3. The fraction of sp³-hybridized carbons (Fsp3) is 0.367. The first-order valence-electron chi connectivity index (χ1n) is 13.2. The number of carbonyl (C=O) groups is 2. The lowest BCUT2D eigenvalue weighted by Crippen LogP contribution is -2.42. The summed E-state index contributed by atoms with van der Waals surface area (Å²) in [4.78, 5) is 37.1. The first-order chi connectivity index (χ1) is 19.4. The summed E-state index contributed by atoms with van der Waals surface area (Å²) in [5.74, 6) is -0.314. The van der Waals surface area contributed by atoms with Crippen LogP contribution in [0.3, 0.4) is 0 Å². The lowest BCUT2D eigenvalue weighted by molar-refractivity contribution is -0.137. The van der Waals surface area contributed by atoms with Gasteiger partial charge in [0, 0.05) is 24.4 Å². The van der Waals surface area contributed by atoms with Crippen LogP contribution in [0.25, 0.3) is 16.9 Å². The van der Waals surface area contributed by atoms with Crippen LogP contribution in [-0.4, -0.2) is 37.2 Å². The molecular formula is C30H33F3N6O3. The number of rotatable bonds is 5. The molecule has 3 aromatic heterocycles. The van der Waals surface area contributed by atoms with Crippen LogP contribution >= 0.6 is 0 Å². The summed E-state index contributed by atoms with van der Waals surface area (Å²) >= 11 is 0. The van der Waals surface area contributed by atoms with Gasteiger partial charge < -0.3 is 10.1 Å². The maximum atomic E-state index is 13.6. The largest absolute Gasteiger partial charge is 0.443 e. The average molecular weight is 583 g/mol. The number of hydrogen-bond acceptors (Lipinski definition) is 7. The molecule has 0 unspecified atom stereocenters. The molecule has 4 rings (SSSR count). The molecule has 4 aromatic rings. The van der Waals surface area contributed by atoms with Crippen LogP contribution in [0.5, 0.6) is 0 Å². The summed E-state index contributed by atoms with van der Waals surface area (Å²) in [7, 11) is 0. The third-order valence-electron chi connectivity index (χ3n) is 5.87. The van der Waals surface area contributed by atoms with Crippen molar-refractivity contribution < 1.29 is 27.5 Å². The van der Waals surface area contributed by atoms with E-state index in [2.05, 4.69) is 20.4 Å². The van der Waals surface area contributed by atoms with Gasteiger partial charge in [-0.25, -0.2) is 19.3 Å². The molecule has 1 N–H and O–H groups in total. The summed E-state index contributed by atoms with van der Waals surface area (Å²) in [6, 6.07) is 11.3. The number of fused-ring (bicyclic) bond motifs is 1. The van der Waals surface area contributed by atoms with Crippen LogP contribution in [0.1, 0.15) is 59.2 Å². The number of nitrogens with one attached hydrogen (secondary N) is 1. The van der Waals surface area contributed by atoms with Gasteiger partial charge in [-0.1, -0.05) is 26.8 Å². The van der Waals surface area contributed by atoms with Crippen molar-refractivity contribution in [3.63, 3.8) is 0 Å². The minimum Gasteiger partial charge on any atom is -0.443 e. The van der Waals surface area contributed by atoms with E-state index in [0.29, 0.717) is 22.5 Å². The number of carbonyl (C=O) groups excluding carboxylic acids is 2. The molecule has 0 aliphatic heterocycles. The number of aromatic nitrogens is 4. The molecule has 0 radical (unpaired) electrons. The second kappa shape index (κ2) is 11.1. The highest BCUT2D eigenvalue weighted by molar-refractivity contribution is 6.12. The maximum Gasteiger partial charge on any atom is 0.423 e. The van der Waals surface area contributed by atoms with Gasteiger partial charge in [-0.05, 0) is 69.5 Å². The number of amides is 2. The Kier molecular flexibility index (Phi) is 8.03. The normalized spacial score (nSPS) is 12.3. The predicted molar refractivity (Wildman–Crippen MR) is 153 cm³/mol. The van der Waals surface area contributed by atoms with E-state index in [1.807, 2.05) is 39.0 Å². The highest BCUT2D eigenvalue weighted by atomic mass is 19.4. The molecule has 0 saturated carbocycles. The Labute approximate surface area is 241 Å². The number of pyridine rings is 1. The summed E-state index contributed by atoms with van der Waals surface area (Å²) in [6.07, 6.45) is -3.64. The molecule has 0 spiro atoms. The Morgan fingerprint density at radius 1 is 0.976 bits per heavy atom. The van der Waals surface area contributed by atoms with Crippen LogP contribution in [-0.2, 0) is 15.7 Å². The maximum absolute atomic E-state index is 13.6. The second-order valence-corrected chi connectivity index (χ2v) is 12.1.